The molecule has 2 aromatic rings. The third-order valence-corrected chi connectivity index (χ3v) is 3.86. The maximum absolute atomic E-state index is 12.6. The van der Waals surface area contributed by atoms with Crippen LogP contribution >= 0.6 is 0 Å². The number of aromatic nitrogens is 2. The Bertz CT molecular complexity index is 597. The second-order valence-corrected chi connectivity index (χ2v) is 5.14. The number of nitrogens with zero attached hydrogens (tertiary/aromatic N) is 3. The van der Waals surface area contributed by atoms with Gasteiger partial charge in [0.25, 0.3) is 5.91 Å². The van der Waals surface area contributed by atoms with E-state index in [1.165, 1.54) is 0 Å². The molecule has 1 amide bonds. The molecule has 4 heteroatoms. The maximum atomic E-state index is 12.6. The molecule has 0 N–H and O–H groups in total. The summed E-state index contributed by atoms with van der Waals surface area (Å²) in [5, 5.41) is 0. The Morgan fingerprint density at radius 3 is 2.55 bits per heavy atom. The van der Waals surface area contributed by atoms with Gasteiger partial charge in [0.15, 0.2) is 0 Å². The van der Waals surface area contributed by atoms with Crippen LogP contribution in [0.25, 0.3) is 11.1 Å². The first-order valence-electron chi connectivity index (χ1n) is 7.19. The summed E-state index contributed by atoms with van der Waals surface area (Å²) in [7, 11) is 0. The zero-order valence-electron chi connectivity index (χ0n) is 11.7. The van der Waals surface area contributed by atoms with Crippen LogP contribution in [0.4, 0.5) is 0 Å². The first-order chi connectivity index (χ1) is 9.79. The van der Waals surface area contributed by atoms with Crippen LogP contribution in [-0.2, 0) is 6.54 Å². The third kappa shape index (κ3) is 2.33. The quantitative estimate of drug-likeness (QED) is 0.859. The molecule has 0 aromatic carbocycles. The maximum Gasteiger partial charge on any atom is 0.270 e. The largest absolute Gasteiger partial charge is 0.343 e. The molecular formula is C16H19N3O. The molecular weight excluding hydrogens is 250 g/mol. The molecule has 104 valence electrons. The highest BCUT2D eigenvalue weighted by atomic mass is 16.2. The molecule has 1 aliphatic heterocycles. The molecule has 4 nitrogen and oxygen atoms in total. The van der Waals surface area contributed by atoms with Gasteiger partial charge in [-0.25, -0.2) is 0 Å². The first-order valence-corrected chi connectivity index (χ1v) is 7.19. The number of pyridine rings is 1. The molecule has 1 saturated heterocycles. The zero-order chi connectivity index (χ0) is 13.9. The first kappa shape index (κ1) is 12.9. The van der Waals surface area contributed by atoms with Gasteiger partial charge in [-0.1, -0.05) is 0 Å². The van der Waals surface area contributed by atoms with E-state index in [1.807, 2.05) is 27.7 Å². The Morgan fingerprint density at radius 2 is 1.90 bits per heavy atom. The molecule has 0 radical (unpaired) electrons. The summed E-state index contributed by atoms with van der Waals surface area (Å²) in [5.74, 6) is 0.157. The van der Waals surface area contributed by atoms with Crippen molar-refractivity contribution in [3.05, 3.63) is 42.5 Å². The lowest BCUT2D eigenvalue weighted by atomic mass is 10.1. The van der Waals surface area contributed by atoms with Gasteiger partial charge in [-0.2, -0.15) is 0 Å². The van der Waals surface area contributed by atoms with Gasteiger partial charge in [0, 0.05) is 43.8 Å². The van der Waals surface area contributed by atoms with Crippen LogP contribution in [-0.4, -0.2) is 33.4 Å². The molecule has 0 atom stereocenters. The van der Waals surface area contributed by atoms with Crippen LogP contribution in [0.3, 0.4) is 0 Å². The molecule has 2 aromatic heterocycles. The van der Waals surface area contributed by atoms with E-state index in [4.69, 9.17) is 0 Å². The van der Waals surface area contributed by atoms with Crippen molar-refractivity contribution >= 4 is 5.91 Å². The van der Waals surface area contributed by atoms with Gasteiger partial charge in [0.05, 0.1) is 0 Å². The molecule has 3 heterocycles. The van der Waals surface area contributed by atoms with Crippen LogP contribution in [0.15, 0.2) is 36.8 Å². The number of hydrogen-bond donors (Lipinski definition) is 0. The van der Waals surface area contributed by atoms with Crippen LogP contribution in [0, 0.1) is 0 Å². The van der Waals surface area contributed by atoms with Crippen LogP contribution in [0.2, 0.25) is 0 Å². The van der Waals surface area contributed by atoms with E-state index in [9.17, 15) is 4.79 Å². The lowest BCUT2D eigenvalue weighted by Gasteiger charge is -2.16. The number of carbonyl (C=O) groups excluding carboxylic acids is 1. The van der Waals surface area contributed by atoms with E-state index in [-0.39, 0.29) is 5.91 Å². The Hall–Kier alpha value is -2.10. The van der Waals surface area contributed by atoms with Crippen molar-refractivity contribution in [1.29, 1.82) is 0 Å². The van der Waals surface area contributed by atoms with E-state index >= 15 is 0 Å². The summed E-state index contributed by atoms with van der Waals surface area (Å²) in [6, 6.07) is 5.94. The van der Waals surface area contributed by atoms with E-state index in [1.54, 1.807) is 12.4 Å². The SMILES string of the molecule is CCn1cc(-c2ccncc2)cc1C(=O)N1CCCC1. The molecule has 0 aliphatic carbocycles. The van der Waals surface area contributed by atoms with E-state index in [0.717, 1.165) is 49.3 Å². The van der Waals surface area contributed by atoms with Gasteiger partial charge < -0.3 is 9.47 Å². The minimum Gasteiger partial charge on any atom is -0.343 e. The summed E-state index contributed by atoms with van der Waals surface area (Å²) in [4.78, 5) is 18.6. The minimum absolute atomic E-state index is 0.157. The lowest BCUT2D eigenvalue weighted by molar-refractivity contribution is 0.0782. The topological polar surface area (TPSA) is 38.1 Å². The van der Waals surface area contributed by atoms with Crippen molar-refractivity contribution in [2.75, 3.05) is 13.1 Å². The summed E-state index contributed by atoms with van der Waals surface area (Å²) in [5.41, 5.74) is 2.97. The van der Waals surface area contributed by atoms with Crippen molar-refractivity contribution in [1.82, 2.24) is 14.5 Å². The highest BCUT2D eigenvalue weighted by molar-refractivity contribution is 5.94. The normalized spacial score (nSPS) is 14.8. The fraction of sp³-hybridized carbons (Fsp3) is 0.375. The molecule has 20 heavy (non-hydrogen) atoms. The molecule has 1 aliphatic rings. The van der Waals surface area contributed by atoms with Crippen molar-refractivity contribution in [3.63, 3.8) is 0 Å². The number of aryl methyl sites for hydroxylation is 1. The third-order valence-electron chi connectivity index (χ3n) is 3.86. The Labute approximate surface area is 119 Å². The van der Waals surface area contributed by atoms with Gasteiger partial charge in [-0.15, -0.1) is 0 Å². The smallest absolute Gasteiger partial charge is 0.270 e. The van der Waals surface area contributed by atoms with Crippen molar-refractivity contribution in [2.45, 2.75) is 26.3 Å². The number of carbonyl (C=O) groups is 1. The Balaban J connectivity index is 1.94. The number of hydrogen-bond acceptors (Lipinski definition) is 2. The molecule has 0 spiro atoms. The predicted molar refractivity (Wildman–Crippen MR) is 78.5 cm³/mol. The average molecular weight is 269 g/mol. The fourth-order valence-corrected chi connectivity index (χ4v) is 2.74. The highest BCUT2D eigenvalue weighted by Gasteiger charge is 2.22. The molecule has 3 rings (SSSR count). The fourth-order valence-electron chi connectivity index (χ4n) is 2.74. The number of likely N-dealkylation sites (tertiary alicyclic amines) is 1. The van der Waals surface area contributed by atoms with Crippen LogP contribution in [0.1, 0.15) is 30.3 Å². The summed E-state index contributed by atoms with van der Waals surface area (Å²) in [6.07, 6.45) is 7.85. The van der Waals surface area contributed by atoms with Gasteiger partial charge in [0.1, 0.15) is 5.69 Å². The van der Waals surface area contributed by atoms with Gasteiger partial charge in [0.2, 0.25) is 0 Å². The van der Waals surface area contributed by atoms with Gasteiger partial charge in [-0.3, -0.25) is 9.78 Å². The average Bonchev–Trinajstić information content (AvgIpc) is 3.17. The van der Waals surface area contributed by atoms with Crippen LogP contribution < -0.4 is 0 Å². The second kappa shape index (κ2) is 5.49. The van der Waals surface area contributed by atoms with Crippen molar-refractivity contribution in [2.24, 2.45) is 0 Å². The molecule has 0 saturated carbocycles. The predicted octanol–water partition coefficient (Wildman–Crippen LogP) is 2.81. The minimum atomic E-state index is 0.157. The number of amides is 1. The molecule has 0 bridgehead atoms. The molecule has 1 fully saturated rings. The monoisotopic (exact) mass is 269 g/mol. The Morgan fingerprint density at radius 1 is 1.20 bits per heavy atom. The van der Waals surface area contributed by atoms with Crippen LogP contribution in [0.5, 0.6) is 0 Å². The zero-order valence-corrected chi connectivity index (χ0v) is 11.7. The van der Waals surface area contributed by atoms with E-state index in [0.29, 0.717) is 0 Å². The summed E-state index contributed by atoms with van der Waals surface area (Å²) >= 11 is 0. The van der Waals surface area contributed by atoms with E-state index < -0.39 is 0 Å². The lowest BCUT2D eigenvalue weighted by Crippen LogP contribution is -2.29. The summed E-state index contributed by atoms with van der Waals surface area (Å²) in [6.45, 7) is 4.65. The number of rotatable bonds is 3. The van der Waals surface area contributed by atoms with Gasteiger partial charge in [-0.05, 0) is 43.5 Å². The van der Waals surface area contributed by atoms with Crippen molar-refractivity contribution < 1.29 is 4.79 Å². The standard InChI is InChI=1S/C16H19N3O/c1-2-18-12-14(13-5-7-17-8-6-13)11-15(18)16(20)19-9-3-4-10-19/h5-8,11-12H,2-4,9-10H2,1H3. The Kier molecular flexibility index (Phi) is 3.54. The molecule has 0 unspecified atom stereocenters. The van der Waals surface area contributed by atoms with E-state index in [2.05, 4.69) is 18.1 Å². The van der Waals surface area contributed by atoms with Gasteiger partial charge >= 0.3 is 0 Å². The highest BCUT2D eigenvalue weighted by Crippen LogP contribution is 2.23. The second-order valence-electron chi connectivity index (χ2n) is 5.14. The van der Waals surface area contributed by atoms with Crippen molar-refractivity contribution in [3.8, 4) is 11.1 Å². The summed E-state index contributed by atoms with van der Waals surface area (Å²) < 4.78 is 2.04.